The number of nitrogens with zero attached hydrogens (tertiary/aromatic N) is 3. The number of amides is 2. The molecule has 0 bridgehead atoms. The molecular weight excluding hydrogens is 264 g/mol. The van der Waals surface area contributed by atoms with Gasteiger partial charge in [0.15, 0.2) is 0 Å². The van der Waals surface area contributed by atoms with Crippen LogP contribution in [-0.2, 0) is 11.3 Å². The highest BCUT2D eigenvalue weighted by Crippen LogP contribution is 2.31. The van der Waals surface area contributed by atoms with E-state index in [2.05, 4.69) is 12.0 Å². The summed E-state index contributed by atoms with van der Waals surface area (Å²) >= 11 is 0.945. The van der Waals surface area contributed by atoms with Crippen molar-refractivity contribution in [3.05, 3.63) is 22.9 Å². The molecule has 6 nitrogen and oxygen atoms in total. The lowest BCUT2D eigenvalue weighted by atomic mass is 10.3. The molecule has 0 atom stereocenters. The van der Waals surface area contributed by atoms with Crippen LogP contribution in [0, 0.1) is 0 Å². The number of hydrogen-bond acceptors (Lipinski definition) is 5. The lowest BCUT2D eigenvalue weighted by molar-refractivity contribution is -0.122. The average Bonchev–Trinajstić information content (AvgIpc) is 2.91. The Morgan fingerprint density at radius 3 is 2.89 bits per heavy atom. The van der Waals surface area contributed by atoms with Gasteiger partial charge in [0.25, 0.3) is 11.1 Å². The molecule has 1 saturated heterocycles. The highest BCUT2D eigenvalue weighted by Gasteiger charge is 2.34. The molecule has 2 amide bonds. The predicted octanol–water partition coefficient (Wildman–Crippen LogP) is 1.29. The number of hydrogen-bond donors (Lipinski definition) is 1. The zero-order valence-corrected chi connectivity index (χ0v) is 11.5. The van der Waals surface area contributed by atoms with E-state index in [1.807, 2.05) is 10.9 Å². The number of thioether (sulfide) groups is 1. The monoisotopic (exact) mass is 280 g/mol. The van der Waals surface area contributed by atoms with Crippen molar-refractivity contribution in [1.82, 2.24) is 14.7 Å². The number of nitrogens with two attached hydrogens (primary N) is 1. The number of rotatable bonds is 5. The molecule has 0 unspecified atom stereocenters. The van der Waals surface area contributed by atoms with Gasteiger partial charge < -0.3 is 5.73 Å². The fourth-order valence-corrected chi connectivity index (χ4v) is 2.64. The van der Waals surface area contributed by atoms with Crippen LogP contribution in [0.4, 0.5) is 4.79 Å². The van der Waals surface area contributed by atoms with E-state index in [0.29, 0.717) is 4.91 Å². The normalized spacial score (nSPS) is 17.8. The molecular formula is C12H16N4O2S. The van der Waals surface area contributed by atoms with Gasteiger partial charge in [0.2, 0.25) is 0 Å². The molecule has 7 heteroatoms. The van der Waals surface area contributed by atoms with Gasteiger partial charge in [-0.2, -0.15) is 5.10 Å². The van der Waals surface area contributed by atoms with Crippen LogP contribution in [0.25, 0.3) is 6.08 Å². The summed E-state index contributed by atoms with van der Waals surface area (Å²) in [5.41, 5.74) is 6.20. The number of carbonyl (C=O) groups excluding carboxylic acids is 2. The highest BCUT2D eigenvalue weighted by atomic mass is 32.2. The maximum atomic E-state index is 12.0. The van der Waals surface area contributed by atoms with Crippen LogP contribution in [0.5, 0.6) is 0 Å². The Labute approximate surface area is 115 Å². The zero-order valence-electron chi connectivity index (χ0n) is 10.7. The Kier molecular flexibility index (Phi) is 4.39. The van der Waals surface area contributed by atoms with Gasteiger partial charge in [-0.1, -0.05) is 6.92 Å². The molecule has 1 aromatic heterocycles. The summed E-state index contributed by atoms with van der Waals surface area (Å²) in [5, 5.41) is 3.92. The summed E-state index contributed by atoms with van der Waals surface area (Å²) in [7, 11) is 0. The quantitative estimate of drug-likeness (QED) is 0.822. The summed E-state index contributed by atoms with van der Waals surface area (Å²) in [5.74, 6) is -0.274. The van der Waals surface area contributed by atoms with Crippen molar-refractivity contribution in [2.24, 2.45) is 5.73 Å². The van der Waals surface area contributed by atoms with Crippen LogP contribution < -0.4 is 5.73 Å². The van der Waals surface area contributed by atoms with Gasteiger partial charge in [-0.15, -0.1) is 0 Å². The van der Waals surface area contributed by atoms with Gasteiger partial charge >= 0.3 is 0 Å². The number of carbonyl (C=O) groups is 2. The van der Waals surface area contributed by atoms with Gasteiger partial charge in [-0.3, -0.25) is 19.2 Å². The van der Waals surface area contributed by atoms with E-state index in [0.717, 1.165) is 30.3 Å². The average molecular weight is 280 g/mol. The third kappa shape index (κ3) is 3.05. The molecule has 0 aromatic carbocycles. The molecule has 1 aliphatic rings. The van der Waals surface area contributed by atoms with E-state index in [4.69, 9.17) is 5.73 Å². The van der Waals surface area contributed by atoms with Crippen molar-refractivity contribution < 1.29 is 9.59 Å². The van der Waals surface area contributed by atoms with E-state index in [9.17, 15) is 9.59 Å². The van der Waals surface area contributed by atoms with E-state index < -0.39 is 0 Å². The molecule has 2 heterocycles. The van der Waals surface area contributed by atoms with Gasteiger partial charge in [0.1, 0.15) is 0 Å². The third-order valence-electron chi connectivity index (χ3n) is 2.63. The smallest absolute Gasteiger partial charge is 0.293 e. The molecule has 1 aliphatic heterocycles. The van der Waals surface area contributed by atoms with Crippen molar-refractivity contribution in [2.45, 2.75) is 19.9 Å². The standard InChI is InChI=1S/C12H16N4O2S/c1-2-4-15-8-9(7-14-15)6-10-11(17)16(5-3-13)12(18)19-10/h6-8H,2-5,13H2,1H3/b10-6+. The van der Waals surface area contributed by atoms with Crippen LogP contribution in [0.1, 0.15) is 18.9 Å². The van der Waals surface area contributed by atoms with E-state index >= 15 is 0 Å². The van der Waals surface area contributed by atoms with Crippen molar-refractivity contribution in [2.75, 3.05) is 13.1 Å². The Balaban J connectivity index is 2.15. The van der Waals surface area contributed by atoms with Crippen molar-refractivity contribution in [3.63, 3.8) is 0 Å². The second-order valence-corrected chi connectivity index (χ2v) is 5.15. The summed E-state index contributed by atoms with van der Waals surface area (Å²) in [6.45, 7) is 3.44. The Morgan fingerprint density at radius 1 is 1.42 bits per heavy atom. The largest absolute Gasteiger partial charge is 0.329 e. The number of imide groups is 1. The predicted molar refractivity (Wildman–Crippen MR) is 74.2 cm³/mol. The van der Waals surface area contributed by atoms with E-state index in [-0.39, 0.29) is 24.2 Å². The maximum absolute atomic E-state index is 12.0. The lowest BCUT2D eigenvalue weighted by Gasteiger charge is -2.09. The van der Waals surface area contributed by atoms with Crippen molar-refractivity contribution >= 4 is 29.0 Å². The minimum Gasteiger partial charge on any atom is -0.329 e. The molecule has 0 aliphatic carbocycles. The topological polar surface area (TPSA) is 81.2 Å². The summed E-state index contributed by atoms with van der Waals surface area (Å²) in [4.78, 5) is 25.2. The van der Waals surface area contributed by atoms with Crippen LogP contribution in [-0.4, -0.2) is 38.9 Å². The van der Waals surface area contributed by atoms with E-state index in [1.54, 1.807) is 12.3 Å². The third-order valence-corrected chi connectivity index (χ3v) is 3.54. The summed E-state index contributed by atoms with van der Waals surface area (Å²) in [6, 6.07) is 0. The van der Waals surface area contributed by atoms with Crippen LogP contribution >= 0.6 is 11.8 Å². The first kappa shape index (κ1) is 13.8. The summed E-state index contributed by atoms with van der Waals surface area (Å²) in [6.07, 6.45) is 6.24. The molecule has 2 rings (SSSR count). The Morgan fingerprint density at radius 2 is 2.21 bits per heavy atom. The molecule has 19 heavy (non-hydrogen) atoms. The molecule has 2 N–H and O–H groups in total. The van der Waals surface area contributed by atoms with Gasteiger partial charge in [0.05, 0.1) is 11.1 Å². The zero-order chi connectivity index (χ0) is 13.8. The van der Waals surface area contributed by atoms with Crippen molar-refractivity contribution in [1.29, 1.82) is 0 Å². The van der Waals surface area contributed by atoms with Gasteiger partial charge in [-0.05, 0) is 24.3 Å². The van der Waals surface area contributed by atoms with Gasteiger partial charge in [0, 0.05) is 31.4 Å². The second kappa shape index (κ2) is 6.03. The molecule has 0 spiro atoms. The first-order chi connectivity index (χ1) is 9.15. The van der Waals surface area contributed by atoms with Crippen molar-refractivity contribution in [3.8, 4) is 0 Å². The first-order valence-corrected chi connectivity index (χ1v) is 6.95. The summed E-state index contributed by atoms with van der Waals surface area (Å²) < 4.78 is 1.82. The number of aryl methyl sites for hydroxylation is 1. The fourth-order valence-electron chi connectivity index (χ4n) is 1.78. The Bertz CT molecular complexity index is 524. The molecule has 1 fully saturated rings. The lowest BCUT2D eigenvalue weighted by Crippen LogP contribution is -2.33. The second-order valence-electron chi connectivity index (χ2n) is 4.16. The molecule has 0 saturated carbocycles. The molecule has 1 aromatic rings. The minimum atomic E-state index is -0.274. The minimum absolute atomic E-state index is 0.261. The SMILES string of the molecule is CCCn1cc(/C=C2/SC(=O)N(CCN)C2=O)cn1. The molecule has 0 radical (unpaired) electrons. The Hall–Kier alpha value is -1.60. The van der Waals surface area contributed by atoms with Crippen LogP contribution in [0.15, 0.2) is 17.3 Å². The highest BCUT2D eigenvalue weighted by molar-refractivity contribution is 8.18. The van der Waals surface area contributed by atoms with Crippen LogP contribution in [0.2, 0.25) is 0 Å². The van der Waals surface area contributed by atoms with Crippen LogP contribution in [0.3, 0.4) is 0 Å². The number of aromatic nitrogens is 2. The maximum Gasteiger partial charge on any atom is 0.293 e. The fraction of sp³-hybridized carbons (Fsp3) is 0.417. The van der Waals surface area contributed by atoms with Gasteiger partial charge in [-0.25, -0.2) is 0 Å². The van der Waals surface area contributed by atoms with E-state index in [1.165, 1.54) is 4.90 Å². The first-order valence-electron chi connectivity index (χ1n) is 6.13. The molecule has 102 valence electrons.